The third-order valence-electron chi connectivity index (χ3n) is 3.80. The lowest BCUT2D eigenvalue weighted by atomic mass is 10.2. The molecule has 6 heteroatoms. The van der Waals surface area contributed by atoms with Crippen LogP contribution in [0, 0.1) is 13.8 Å². The summed E-state index contributed by atoms with van der Waals surface area (Å²) in [5.41, 5.74) is 2.35. The standard InChI is InChI=1S/C18H23BrN2O2S/c1-12-9-17(13(2)8-14(12)19)24-11-18(22)20-10-15(21(3)4)16-6-5-7-23-16/h5-9,15H,10-11H2,1-4H3,(H,20,22). The van der Waals surface area contributed by atoms with Crippen LogP contribution in [0.2, 0.25) is 0 Å². The normalized spacial score (nSPS) is 12.4. The maximum Gasteiger partial charge on any atom is 0.230 e. The molecular weight excluding hydrogens is 388 g/mol. The predicted octanol–water partition coefficient (Wildman–Crippen LogP) is 4.17. The number of hydrogen-bond donors (Lipinski definition) is 1. The number of likely N-dealkylation sites (N-methyl/N-ethyl adjacent to an activating group) is 1. The lowest BCUT2D eigenvalue weighted by Crippen LogP contribution is -2.35. The molecule has 0 fully saturated rings. The first-order valence-electron chi connectivity index (χ1n) is 7.74. The average molecular weight is 411 g/mol. The van der Waals surface area contributed by atoms with Gasteiger partial charge in [0.05, 0.1) is 18.1 Å². The number of hydrogen-bond acceptors (Lipinski definition) is 4. The smallest absolute Gasteiger partial charge is 0.230 e. The van der Waals surface area contributed by atoms with Gasteiger partial charge in [-0.3, -0.25) is 9.69 Å². The number of aryl methyl sites for hydroxylation is 2. The maximum atomic E-state index is 12.2. The molecule has 1 aromatic carbocycles. The van der Waals surface area contributed by atoms with E-state index in [0.29, 0.717) is 12.3 Å². The molecule has 1 aromatic heterocycles. The van der Waals surface area contributed by atoms with E-state index in [9.17, 15) is 4.79 Å². The molecule has 0 spiro atoms. The fraction of sp³-hybridized carbons (Fsp3) is 0.389. The highest BCUT2D eigenvalue weighted by Crippen LogP contribution is 2.28. The van der Waals surface area contributed by atoms with E-state index >= 15 is 0 Å². The summed E-state index contributed by atoms with van der Waals surface area (Å²) in [4.78, 5) is 15.4. The fourth-order valence-corrected chi connectivity index (χ4v) is 3.73. The van der Waals surface area contributed by atoms with Gasteiger partial charge in [-0.15, -0.1) is 11.8 Å². The average Bonchev–Trinajstić information content (AvgIpc) is 3.03. The zero-order valence-corrected chi connectivity index (χ0v) is 16.8. The van der Waals surface area contributed by atoms with Crippen molar-refractivity contribution in [2.45, 2.75) is 24.8 Å². The number of rotatable bonds is 7. The summed E-state index contributed by atoms with van der Waals surface area (Å²) < 4.78 is 6.55. The van der Waals surface area contributed by atoms with E-state index in [1.165, 1.54) is 11.1 Å². The van der Waals surface area contributed by atoms with Crippen molar-refractivity contribution < 1.29 is 9.21 Å². The van der Waals surface area contributed by atoms with Crippen molar-refractivity contribution in [3.63, 3.8) is 0 Å². The molecule has 0 saturated carbocycles. The molecule has 0 radical (unpaired) electrons. The monoisotopic (exact) mass is 410 g/mol. The summed E-state index contributed by atoms with van der Waals surface area (Å²) in [5.74, 6) is 1.28. The molecule has 1 heterocycles. The Bertz CT molecular complexity index is 687. The molecule has 0 aliphatic rings. The zero-order valence-electron chi connectivity index (χ0n) is 14.4. The zero-order chi connectivity index (χ0) is 17.7. The molecule has 2 aromatic rings. The van der Waals surface area contributed by atoms with Crippen molar-refractivity contribution in [2.24, 2.45) is 0 Å². The number of nitrogens with one attached hydrogen (secondary N) is 1. The number of carbonyl (C=O) groups is 1. The third kappa shape index (κ3) is 5.13. The van der Waals surface area contributed by atoms with Gasteiger partial charge in [0.1, 0.15) is 5.76 Å². The lowest BCUT2D eigenvalue weighted by molar-refractivity contribution is -0.118. The summed E-state index contributed by atoms with van der Waals surface area (Å²) in [6, 6.07) is 8.03. The van der Waals surface area contributed by atoms with Gasteiger partial charge in [-0.05, 0) is 63.3 Å². The Morgan fingerprint density at radius 1 is 1.33 bits per heavy atom. The summed E-state index contributed by atoms with van der Waals surface area (Å²) in [7, 11) is 3.95. The Morgan fingerprint density at radius 3 is 2.71 bits per heavy atom. The van der Waals surface area contributed by atoms with Crippen LogP contribution >= 0.6 is 27.7 Å². The van der Waals surface area contributed by atoms with Gasteiger partial charge in [0.2, 0.25) is 5.91 Å². The summed E-state index contributed by atoms with van der Waals surface area (Å²) in [6.45, 7) is 4.64. The molecule has 1 unspecified atom stereocenters. The first-order chi connectivity index (χ1) is 11.4. The maximum absolute atomic E-state index is 12.2. The SMILES string of the molecule is Cc1cc(SCC(=O)NCC(c2ccco2)N(C)C)c(C)cc1Br. The first-order valence-corrected chi connectivity index (χ1v) is 9.52. The molecule has 4 nitrogen and oxygen atoms in total. The van der Waals surface area contributed by atoms with Gasteiger partial charge >= 0.3 is 0 Å². The molecule has 0 saturated heterocycles. The van der Waals surface area contributed by atoms with E-state index in [-0.39, 0.29) is 11.9 Å². The third-order valence-corrected chi connectivity index (χ3v) is 5.81. The largest absolute Gasteiger partial charge is 0.468 e. The van der Waals surface area contributed by atoms with Crippen LogP contribution in [0.3, 0.4) is 0 Å². The van der Waals surface area contributed by atoms with Gasteiger partial charge in [-0.1, -0.05) is 15.9 Å². The molecule has 1 atom stereocenters. The van der Waals surface area contributed by atoms with Crippen molar-refractivity contribution >= 4 is 33.6 Å². The Kier molecular flexibility index (Phi) is 6.95. The Hall–Kier alpha value is -1.24. The second-order valence-corrected chi connectivity index (χ2v) is 7.83. The molecule has 1 N–H and O–H groups in total. The van der Waals surface area contributed by atoms with E-state index < -0.39 is 0 Å². The van der Waals surface area contributed by atoms with Crippen molar-refractivity contribution in [3.05, 3.63) is 51.9 Å². The number of halogens is 1. The molecule has 0 aliphatic heterocycles. The predicted molar refractivity (Wildman–Crippen MR) is 102 cm³/mol. The van der Waals surface area contributed by atoms with Gasteiger partial charge in [-0.2, -0.15) is 0 Å². The van der Waals surface area contributed by atoms with Gasteiger partial charge in [0.25, 0.3) is 0 Å². The lowest BCUT2D eigenvalue weighted by Gasteiger charge is -2.22. The van der Waals surface area contributed by atoms with Crippen LogP contribution in [-0.4, -0.2) is 37.2 Å². The second kappa shape index (κ2) is 8.74. The molecular formula is C18H23BrN2O2S. The van der Waals surface area contributed by atoms with E-state index in [1.54, 1.807) is 18.0 Å². The molecule has 0 aliphatic carbocycles. The van der Waals surface area contributed by atoms with Gasteiger partial charge in [0.15, 0.2) is 0 Å². The summed E-state index contributed by atoms with van der Waals surface area (Å²) in [6.07, 6.45) is 1.65. The molecule has 24 heavy (non-hydrogen) atoms. The van der Waals surface area contributed by atoms with Crippen LogP contribution in [-0.2, 0) is 4.79 Å². The summed E-state index contributed by atoms with van der Waals surface area (Å²) in [5, 5.41) is 3.00. The van der Waals surface area contributed by atoms with Crippen molar-refractivity contribution in [2.75, 3.05) is 26.4 Å². The second-order valence-electron chi connectivity index (χ2n) is 5.95. The van der Waals surface area contributed by atoms with Gasteiger partial charge in [0, 0.05) is 15.9 Å². The van der Waals surface area contributed by atoms with Gasteiger partial charge in [-0.25, -0.2) is 0 Å². The molecule has 2 rings (SSSR count). The van der Waals surface area contributed by atoms with E-state index in [1.807, 2.05) is 31.1 Å². The molecule has 130 valence electrons. The highest BCUT2D eigenvalue weighted by atomic mass is 79.9. The van der Waals surface area contributed by atoms with Crippen LogP contribution in [0.4, 0.5) is 0 Å². The van der Waals surface area contributed by atoms with Crippen LogP contribution in [0.1, 0.15) is 22.9 Å². The van der Waals surface area contributed by atoms with Crippen molar-refractivity contribution in [3.8, 4) is 0 Å². The van der Waals surface area contributed by atoms with Crippen LogP contribution in [0.25, 0.3) is 0 Å². The molecule has 0 bridgehead atoms. The van der Waals surface area contributed by atoms with Crippen LogP contribution in [0.5, 0.6) is 0 Å². The van der Waals surface area contributed by atoms with E-state index in [0.717, 1.165) is 15.1 Å². The van der Waals surface area contributed by atoms with Crippen molar-refractivity contribution in [1.29, 1.82) is 0 Å². The highest BCUT2D eigenvalue weighted by molar-refractivity contribution is 9.10. The number of nitrogens with zero attached hydrogens (tertiary/aromatic N) is 1. The number of benzene rings is 1. The minimum Gasteiger partial charge on any atom is -0.468 e. The summed E-state index contributed by atoms with van der Waals surface area (Å²) >= 11 is 5.10. The van der Waals surface area contributed by atoms with Crippen molar-refractivity contribution in [1.82, 2.24) is 10.2 Å². The van der Waals surface area contributed by atoms with Crippen LogP contribution < -0.4 is 5.32 Å². The Balaban J connectivity index is 1.88. The Morgan fingerprint density at radius 2 is 2.08 bits per heavy atom. The quantitative estimate of drug-likeness (QED) is 0.695. The molecule has 1 amide bonds. The Labute approximate surface area is 156 Å². The van der Waals surface area contributed by atoms with E-state index in [2.05, 4.69) is 47.2 Å². The topological polar surface area (TPSA) is 45.5 Å². The van der Waals surface area contributed by atoms with E-state index in [4.69, 9.17) is 4.42 Å². The number of thioether (sulfide) groups is 1. The van der Waals surface area contributed by atoms with Crippen LogP contribution in [0.15, 0.2) is 44.3 Å². The number of amides is 1. The minimum atomic E-state index is 0.0263. The first kappa shape index (κ1) is 19.1. The highest BCUT2D eigenvalue weighted by Gasteiger charge is 2.18. The number of furan rings is 1. The number of carbonyl (C=O) groups excluding carboxylic acids is 1. The fourth-order valence-electron chi connectivity index (χ4n) is 2.33. The minimum absolute atomic E-state index is 0.0263. The van der Waals surface area contributed by atoms with Gasteiger partial charge < -0.3 is 9.73 Å².